The maximum atomic E-state index is 7.66. The molecule has 2 heterocycles. The Kier molecular flexibility index (Phi) is 6.67. The summed E-state index contributed by atoms with van der Waals surface area (Å²) in [4.78, 5) is 18.4. The predicted octanol–water partition coefficient (Wildman–Crippen LogP) is 10.5. The molecule has 0 saturated carbocycles. The summed E-state index contributed by atoms with van der Waals surface area (Å²) in [6.07, 6.45) is 0. The van der Waals surface area contributed by atoms with E-state index in [1.54, 1.807) is 0 Å². The third-order valence-corrected chi connectivity index (χ3v) is 8.39. The van der Waals surface area contributed by atoms with Gasteiger partial charge in [-0.15, -0.1) is 0 Å². The van der Waals surface area contributed by atoms with Crippen LogP contribution in [0.1, 0.15) is 5.56 Å². The first-order valence-corrected chi connectivity index (χ1v) is 15.2. The number of aryl methyl sites for hydroxylation is 1. The topological polar surface area (TPSA) is 48.0 Å². The van der Waals surface area contributed by atoms with Crippen LogP contribution >= 0.6 is 0 Å². The highest BCUT2D eigenvalue weighted by Crippen LogP contribution is 2.38. The zero-order chi connectivity index (χ0) is 31.0. The van der Waals surface area contributed by atoms with Gasteiger partial charge in [0.05, 0.1) is 17.6 Å². The molecular formula is C41H27N5. The molecule has 46 heavy (non-hydrogen) atoms. The second-order valence-corrected chi connectivity index (χ2v) is 11.3. The Hall–Kier alpha value is -6.38. The molecule has 0 spiro atoms. The Labute approximate surface area is 266 Å². The minimum Gasteiger partial charge on any atom is -0.309 e. The van der Waals surface area contributed by atoms with Gasteiger partial charge in [-0.1, -0.05) is 109 Å². The molecule has 0 aliphatic heterocycles. The summed E-state index contributed by atoms with van der Waals surface area (Å²) in [5.41, 5.74) is 10.0. The van der Waals surface area contributed by atoms with Gasteiger partial charge in [-0.2, -0.15) is 0 Å². The second-order valence-electron chi connectivity index (χ2n) is 11.3. The van der Waals surface area contributed by atoms with E-state index in [0.717, 1.165) is 55.3 Å². The van der Waals surface area contributed by atoms with E-state index in [-0.39, 0.29) is 0 Å². The van der Waals surface area contributed by atoms with Gasteiger partial charge >= 0.3 is 0 Å². The molecule has 0 saturated heterocycles. The fourth-order valence-corrected chi connectivity index (χ4v) is 6.11. The van der Waals surface area contributed by atoms with E-state index in [9.17, 15) is 0 Å². The highest BCUT2D eigenvalue weighted by Gasteiger charge is 2.16. The van der Waals surface area contributed by atoms with Crippen LogP contribution in [0.5, 0.6) is 0 Å². The summed E-state index contributed by atoms with van der Waals surface area (Å²) in [5.74, 6) is 1.89. The fourth-order valence-electron chi connectivity index (χ4n) is 6.11. The molecule has 0 radical (unpaired) electrons. The SMILES string of the molecule is [C-]#[N+]c1ccc2c(c1)c1cc(-c3cccc(-c4nc(-c5ccccc5)nc(-c5ccccc5)n4)c3)ccc1n2-c1ccccc1C. The molecule has 0 fully saturated rings. The first-order valence-electron chi connectivity index (χ1n) is 15.2. The number of hydrogen-bond acceptors (Lipinski definition) is 3. The summed E-state index contributed by atoms with van der Waals surface area (Å²) in [5, 5.41) is 2.16. The average Bonchev–Trinajstić information content (AvgIpc) is 3.45. The predicted molar refractivity (Wildman–Crippen MR) is 187 cm³/mol. The molecule has 5 heteroatoms. The molecule has 0 bridgehead atoms. The molecule has 5 nitrogen and oxygen atoms in total. The van der Waals surface area contributed by atoms with Gasteiger partial charge in [0.15, 0.2) is 23.2 Å². The van der Waals surface area contributed by atoms with Crippen LogP contribution in [0.4, 0.5) is 5.69 Å². The lowest BCUT2D eigenvalue weighted by Gasteiger charge is -2.11. The summed E-state index contributed by atoms with van der Waals surface area (Å²) < 4.78 is 2.30. The van der Waals surface area contributed by atoms with Crippen LogP contribution in [-0.2, 0) is 0 Å². The van der Waals surface area contributed by atoms with Crippen molar-refractivity contribution in [2.24, 2.45) is 0 Å². The zero-order valence-electron chi connectivity index (χ0n) is 25.1. The van der Waals surface area contributed by atoms with Crippen LogP contribution in [-0.4, -0.2) is 19.5 Å². The molecule has 2 aromatic heterocycles. The van der Waals surface area contributed by atoms with Crippen molar-refractivity contribution >= 4 is 27.5 Å². The Morgan fingerprint density at radius 3 is 1.65 bits per heavy atom. The Morgan fingerprint density at radius 1 is 0.478 bits per heavy atom. The molecule has 0 aliphatic carbocycles. The largest absolute Gasteiger partial charge is 0.309 e. The number of benzene rings is 6. The fraction of sp³-hybridized carbons (Fsp3) is 0.0244. The minimum atomic E-state index is 0.619. The van der Waals surface area contributed by atoms with Gasteiger partial charge < -0.3 is 4.57 Å². The van der Waals surface area contributed by atoms with Gasteiger partial charge in [0.1, 0.15) is 0 Å². The molecule has 216 valence electrons. The van der Waals surface area contributed by atoms with Crippen LogP contribution in [0.25, 0.3) is 77.6 Å². The highest BCUT2D eigenvalue weighted by molar-refractivity contribution is 6.11. The minimum absolute atomic E-state index is 0.619. The van der Waals surface area contributed by atoms with E-state index >= 15 is 0 Å². The molecular weight excluding hydrogens is 562 g/mol. The number of fused-ring (bicyclic) bond motifs is 3. The van der Waals surface area contributed by atoms with Crippen molar-refractivity contribution in [3.63, 3.8) is 0 Å². The molecule has 8 rings (SSSR count). The lowest BCUT2D eigenvalue weighted by atomic mass is 10.0. The summed E-state index contributed by atoms with van der Waals surface area (Å²) in [6, 6.07) is 49.4. The summed E-state index contributed by atoms with van der Waals surface area (Å²) in [7, 11) is 0. The molecule has 6 aromatic carbocycles. The molecule has 0 N–H and O–H groups in total. The standard InChI is InChI=1S/C41H27N5/c1-27-12-9-10-19-36(27)46-37-22-20-31(25-34(37)35-26-33(42-2)21-23-38(35)46)30-17-11-18-32(24-30)41-44-39(28-13-5-3-6-14-28)43-40(45-41)29-15-7-4-8-16-29/h3-26H,1H3. The van der Waals surface area contributed by atoms with E-state index in [1.165, 1.54) is 5.56 Å². The van der Waals surface area contributed by atoms with Crippen molar-refractivity contribution in [3.05, 3.63) is 163 Å². The van der Waals surface area contributed by atoms with Gasteiger partial charge in [-0.25, -0.2) is 19.8 Å². The van der Waals surface area contributed by atoms with Crippen molar-refractivity contribution in [1.29, 1.82) is 0 Å². The molecule has 0 aliphatic rings. The quantitative estimate of drug-likeness (QED) is 0.188. The van der Waals surface area contributed by atoms with Crippen LogP contribution in [0.2, 0.25) is 0 Å². The Balaban J connectivity index is 1.29. The van der Waals surface area contributed by atoms with E-state index in [4.69, 9.17) is 21.5 Å². The number of aromatic nitrogens is 4. The number of rotatable bonds is 5. The molecule has 0 unspecified atom stereocenters. The molecule has 8 aromatic rings. The third-order valence-electron chi connectivity index (χ3n) is 8.39. The zero-order valence-corrected chi connectivity index (χ0v) is 25.1. The summed E-state index contributed by atoms with van der Waals surface area (Å²) >= 11 is 0. The van der Waals surface area contributed by atoms with Crippen molar-refractivity contribution < 1.29 is 0 Å². The van der Waals surface area contributed by atoms with Crippen LogP contribution < -0.4 is 0 Å². The van der Waals surface area contributed by atoms with Crippen molar-refractivity contribution in [2.45, 2.75) is 6.92 Å². The van der Waals surface area contributed by atoms with Crippen LogP contribution in [0, 0.1) is 13.5 Å². The molecule has 0 amide bonds. The normalized spacial score (nSPS) is 11.1. The van der Waals surface area contributed by atoms with Crippen molar-refractivity contribution in [3.8, 4) is 51.0 Å². The lowest BCUT2D eigenvalue weighted by Crippen LogP contribution is -2.00. The number of hydrogen-bond donors (Lipinski definition) is 0. The Morgan fingerprint density at radius 2 is 1.00 bits per heavy atom. The highest BCUT2D eigenvalue weighted by atomic mass is 15.0. The van der Waals surface area contributed by atoms with Gasteiger partial charge in [-0.05, 0) is 65.4 Å². The van der Waals surface area contributed by atoms with Crippen molar-refractivity contribution in [2.75, 3.05) is 0 Å². The maximum Gasteiger partial charge on any atom is 0.188 e. The van der Waals surface area contributed by atoms with Gasteiger partial charge in [0.25, 0.3) is 0 Å². The Bertz CT molecular complexity index is 2380. The van der Waals surface area contributed by atoms with Gasteiger partial charge in [0, 0.05) is 27.8 Å². The first kappa shape index (κ1) is 27.2. The molecule has 0 atom stereocenters. The van der Waals surface area contributed by atoms with E-state index in [0.29, 0.717) is 23.2 Å². The smallest absolute Gasteiger partial charge is 0.188 e. The van der Waals surface area contributed by atoms with E-state index in [1.807, 2.05) is 78.9 Å². The van der Waals surface area contributed by atoms with E-state index in [2.05, 4.69) is 83.1 Å². The maximum absolute atomic E-state index is 7.66. The summed E-state index contributed by atoms with van der Waals surface area (Å²) in [6.45, 7) is 9.79. The first-order chi connectivity index (χ1) is 22.7. The monoisotopic (exact) mass is 589 g/mol. The van der Waals surface area contributed by atoms with Gasteiger partial charge in [0.2, 0.25) is 0 Å². The van der Waals surface area contributed by atoms with E-state index < -0.39 is 0 Å². The average molecular weight is 590 g/mol. The van der Waals surface area contributed by atoms with Crippen LogP contribution in [0.3, 0.4) is 0 Å². The van der Waals surface area contributed by atoms with Crippen molar-refractivity contribution in [1.82, 2.24) is 19.5 Å². The van der Waals surface area contributed by atoms with Gasteiger partial charge in [-0.3, -0.25) is 0 Å². The number of para-hydroxylation sites is 1. The third kappa shape index (κ3) is 4.79. The van der Waals surface area contributed by atoms with Crippen LogP contribution in [0.15, 0.2) is 146 Å². The lowest BCUT2D eigenvalue weighted by molar-refractivity contribution is 1.07. The number of nitrogens with zero attached hydrogens (tertiary/aromatic N) is 5. The second kappa shape index (κ2) is 11.3.